The van der Waals surface area contributed by atoms with Crippen molar-refractivity contribution in [2.24, 2.45) is 7.05 Å². The van der Waals surface area contributed by atoms with Crippen LogP contribution in [-0.2, 0) is 13.6 Å². The van der Waals surface area contributed by atoms with Crippen molar-refractivity contribution in [3.05, 3.63) is 11.9 Å². The van der Waals surface area contributed by atoms with Crippen molar-refractivity contribution in [1.29, 1.82) is 0 Å². The van der Waals surface area contributed by atoms with E-state index in [-0.39, 0.29) is 5.54 Å². The maximum Gasteiger partial charge on any atom is 0.0964 e. The molecule has 1 heterocycles. The predicted molar refractivity (Wildman–Crippen MR) is 60.3 cm³/mol. The van der Waals surface area contributed by atoms with Crippen molar-refractivity contribution in [1.82, 2.24) is 20.3 Å². The molecular formula is C9H17BrN4. The standard InChI is InChI=1S/C9H17BrN4/c1-9(2,4-5-10)11-6-8-7-14(3)13-12-8/h7,11H,4-6H2,1-3H3. The first-order valence-corrected chi connectivity index (χ1v) is 5.82. The summed E-state index contributed by atoms with van der Waals surface area (Å²) in [7, 11) is 1.88. The minimum absolute atomic E-state index is 0.140. The third-order valence-corrected chi connectivity index (χ3v) is 2.51. The van der Waals surface area contributed by atoms with Gasteiger partial charge in [0.15, 0.2) is 0 Å². The van der Waals surface area contributed by atoms with Gasteiger partial charge in [-0.1, -0.05) is 21.1 Å². The van der Waals surface area contributed by atoms with E-state index >= 15 is 0 Å². The lowest BCUT2D eigenvalue weighted by molar-refractivity contribution is 0.375. The molecule has 1 N–H and O–H groups in total. The molecule has 0 saturated carbocycles. The summed E-state index contributed by atoms with van der Waals surface area (Å²) in [6.45, 7) is 5.14. The summed E-state index contributed by atoms with van der Waals surface area (Å²) in [5.74, 6) is 0. The van der Waals surface area contributed by atoms with Gasteiger partial charge < -0.3 is 5.32 Å². The first-order chi connectivity index (χ1) is 6.53. The quantitative estimate of drug-likeness (QED) is 0.816. The number of rotatable bonds is 5. The largest absolute Gasteiger partial charge is 0.306 e. The first-order valence-electron chi connectivity index (χ1n) is 4.70. The van der Waals surface area contributed by atoms with Gasteiger partial charge in [0.2, 0.25) is 0 Å². The number of aromatic nitrogens is 3. The minimum atomic E-state index is 0.140. The third-order valence-electron chi connectivity index (χ3n) is 2.12. The smallest absolute Gasteiger partial charge is 0.0964 e. The summed E-state index contributed by atoms with van der Waals surface area (Å²) in [5, 5.41) is 12.3. The molecule has 1 aromatic rings. The van der Waals surface area contributed by atoms with Crippen LogP contribution in [0.1, 0.15) is 26.0 Å². The normalized spacial score (nSPS) is 12.0. The number of hydrogen-bond acceptors (Lipinski definition) is 3. The summed E-state index contributed by atoms with van der Waals surface area (Å²) >= 11 is 3.44. The lowest BCUT2D eigenvalue weighted by Gasteiger charge is -2.24. The number of nitrogens with one attached hydrogen (secondary N) is 1. The van der Waals surface area contributed by atoms with E-state index in [9.17, 15) is 0 Å². The molecular weight excluding hydrogens is 244 g/mol. The Morgan fingerprint density at radius 1 is 1.57 bits per heavy atom. The van der Waals surface area contributed by atoms with Gasteiger partial charge in [0.05, 0.1) is 5.69 Å². The molecule has 0 aromatic carbocycles. The van der Waals surface area contributed by atoms with Crippen LogP contribution in [0.15, 0.2) is 6.20 Å². The molecule has 0 atom stereocenters. The van der Waals surface area contributed by atoms with Gasteiger partial charge in [-0.2, -0.15) is 0 Å². The number of aryl methyl sites for hydroxylation is 1. The molecule has 0 bridgehead atoms. The van der Waals surface area contributed by atoms with Crippen molar-refractivity contribution in [3.63, 3.8) is 0 Å². The Bertz CT molecular complexity index is 282. The monoisotopic (exact) mass is 260 g/mol. The maximum atomic E-state index is 4.02. The molecule has 0 amide bonds. The van der Waals surface area contributed by atoms with E-state index in [0.717, 1.165) is 24.0 Å². The zero-order chi connectivity index (χ0) is 10.6. The Morgan fingerprint density at radius 3 is 2.79 bits per heavy atom. The summed E-state index contributed by atoms with van der Waals surface area (Å²) in [6, 6.07) is 0. The van der Waals surface area contributed by atoms with Gasteiger partial charge in [0, 0.05) is 30.7 Å². The van der Waals surface area contributed by atoms with Gasteiger partial charge in [-0.25, -0.2) is 0 Å². The SMILES string of the molecule is Cn1cc(CNC(C)(C)CCBr)nn1. The highest BCUT2D eigenvalue weighted by molar-refractivity contribution is 9.09. The highest BCUT2D eigenvalue weighted by Crippen LogP contribution is 2.10. The molecule has 0 spiro atoms. The summed E-state index contributed by atoms with van der Waals surface area (Å²) in [6.07, 6.45) is 3.02. The Labute approximate surface area is 93.2 Å². The van der Waals surface area contributed by atoms with Crippen molar-refractivity contribution >= 4 is 15.9 Å². The van der Waals surface area contributed by atoms with E-state index in [2.05, 4.69) is 45.4 Å². The first kappa shape index (κ1) is 11.7. The van der Waals surface area contributed by atoms with Crippen LogP contribution in [-0.4, -0.2) is 25.9 Å². The van der Waals surface area contributed by atoms with E-state index in [4.69, 9.17) is 0 Å². The van der Waals surface area contributed by atoms with Gasteiger partial charge in [-0.15, -0.1) is 5.10 Å². The van der Waals surface area contributed by atoms with Crippen LogP contribution in [0.3, 0.4) is 0 Å². The average molecular weight is 261 g/mol. The average Bonchev–Trinajstić information content (AvgIpc) is 2.48. The lowest BCUT2D eigenvalue weighted by Crippen LogP contribution is -2.39. The molecule has 0 unspecified atom stereocenters. The second-order valence-electron chi connectivity index (χ2n) is 4.06. The second-order valence-corrected chi connectivity index (χ2v) is 4.85. The topological polar surface area (TPSA) is 42.7 Å². The molecule has 1 aromatic heterocycles. The molecule has 5 heteroatoms. The molecule has 0 aliphatic rings. The van der Waals surface area contributed by atoms with Crippen LogP contribution in [0.5, 0.6) is 0 Å². The van der Waals surface area contributed by atoms with E-state index < -0.39 is 0 Å². The molecule has 0 aliphatic carbocycles. The molecule has 1 rings (SSSR count). The predicted octanol–water partition coefficient (Wildman–Crippen LogP) is 1.47. The number of nitrogens with zero attached hydrogens (tertiary/aromatic N) is 3. The van der Waals surface area contributed by atoms with E-state index in [1.165, 1.54) is 0 Å². The van der Waals surface area contributed by atoms with Crippen LogP contribution in [0, 0.1) is 0 Å². The second kappa shape index (κ2) is 4.89. The highest BCUT2D eigenvalue weighted by Gasteiger charge is 2.15. The van der Waals surface area contributed by atoms with Gasteiger partial charge in [-0.3, -0.25) is 4.68 Å². The lowest BCUT2D eigenvalue weighted by atomic mass is 10.0. The molecule has 14 heavy (non-hydrogen) atoms. The van der Waals surface area contributed by atoms with Gasteiger partial charge >= 0.3 is 0 Å². The van der Waals surface area contributed by atoms with Gasteiger partial charge in [0.1, 0.15) is 0 Å². The number of alkyl halides is 1. The fourth-order valence-corrected chi connectivity index (χ4v) is 2.12. The van der Waals surface area contributed by atoms with Crippen LogP contribution < -0.4 is 5.32 Å². The number of halogens is 1. The van der Waals surface area contributed by atoms with Crippen LogP contribution >= 0.6 is 15.9 Å². The van der Waals surface area contributed by atoms with Gasteiger partial charge in [0.25, 0.3) is 0 Å². The zero-order valence-electron chi connectivity index (χ0n) is 8.92. The summed E-state index contributed by atoms with van der Waals surface area (Å²) < 4.78 is 1.72. The zero-order valence-corrected chi connectivity index (χ0v) is 10.5. The molecule has 80 valence electrons. The minimum Gasteiger partial charge on any atom is -0.306 e. The Balaban J connectivity index is 2.40. The Kier molecular flexibility index (Phi) is 4.07. The highest BCUT2D eigenvalue weighted by atomic mass is 79.9. The van der Waals surface area contributed by atoms with Crippen molar-refractivity contribution in [2.75, 3.05) is 5.33 Å². The number of hydrogen-bond donors (Lipinski definition) is 1. The molecule has 0 fully saturated rings. The van der Waals surface area contributed by atoms with Crippen molar-refractivity contribution < 1.29 is 0 Å². The van der Waals surface area contributed by atoms with Crippen LogP contribution in [0.25, 0.3) is 0 Å². The molecule has 4 nitrogen and oxygen atoms in total. The third kappa shape index (κ3) is 3.75. The molecule has 0 saturated heterocycles. The van der Waals surface area contributed by atoms with Crippen LogP contribution in [0.4, 0.5) is 0 Å². The fourth-order valence-electron chi connectivity index (χ4n) is 1.13. The van der Waals surface area contributed by atoms with E-state index in [1.807, 2.05) is 13.2 Å². The van der Waals surface area contributed by atoms with Crippen molar-refractivity contribution in [3.8, 4) is 0 Å². The fraction of sp³-hybridized carbons (Fsp3) is 0.778. The van der Waals surface area contributed by atoms with Crippen LogP contribution in [0.2, 0.25) is 0 Å². The summed E-state index contributed by atoms with van der Waals surface area (Å²) in [5.41, 5.74) is 1.12. The molecule has 0 aliphatic heterocycles. The Morgan fingerprint density at radius 2 is 2.29 bits per heavy atom. The van der Waals surface area contributed by atoms with Gasteiger partial charge in [-0.05, 0) is 20.3 Å². The molecule has 0 radical (unpaired) electrons. The van der Waals surface area contributed by atoms with Crippen molar-refractivity contribution in [2.45, 2.75) is 32.4 Å². The van der Waals surface area contributed by atoms with E-state index in [0.29, 0.717) is 0 Å². The summed E-state index contributed by atoms with van der Waals surface area (Å²) in [4.78, 5) is 0. The maximum absolute atomic E-state index is 4.02. The Hall–Kier alpha value is -0.420. The van der Waals surface area contributed by atoms with E-state index in [1.54, 1.807) is 4.68 Å².